The van der Waals surface area contributed by atoms with E-state index < -0.39 is 27.1 Å². The van der Waals surface area contributed by atoms with Crippen LogP contribution in [-0.4, -0.2) is 26.8 Å². The Morgan fingerprint density at radius 2 is 1.52 bits per heavy atom. The molecule has 0 aliphatic heterocycles. The van der Waals surface area contributed by atoms with Crippen LogP contribution >= 0.6 is 0 Å². The first kappa shape index (κ1) is 21.5. The van der Waals surface area contributed by atoms with Gasteiger partial charge in [-0.15, -0.1) is 0 Å². The van der Waals surface area contributed by atoms with Crippen LogP contribution in [0.2, 0.25) is 0 Å². The topological polar surface area (TPSA) is 72.2 Å². The summed E-state index contributed by atoms with van der Waals surface area (Å²) in [5.74, 6) is 0. The molecule has 2 aromatic carbocycles. The van der Waals surface area contributed by atoms with E-state index in [0.717, 1.165) is 11.1 Å². The van der Waals surface area contributed by atoms with Gasteiger partial charge in [0.05, 0.1) is 5.25 Å². The highest BCUT2D eigenvalue weighted by atomic mass is 32.2. The van der Waals surface area contributed by atoms with Gasteiger partial charge in [0.25, 0.3) is 0 Å². The number of rotatable bonds is 8. The van der Waals surface area contributed by atoms with Crippen LogP contribution in [-0.2, 0) is 15.7 Å². The van der Waals surface area contributed by atoms with Gasteiger partial charge in [0.2, 0.25) is 10.0 Å². The van der Waals surface area contributed by atoms with E-state index in [2.05, 4.69) is 4.72 Å². The van der Waals surface area contributed by atoms with Gasteiger partial charge < -0.3 is 5.73 Å². The summed E-state index contributed by atoms with van der Waals surface area (Å²) in [6.07, 6.45) is -1.19. The van der Waals surface area contributed by atoms with Crippen LogP contribution in [0.4, 0.5) is 8.78 Å². The Morgan fingerprint density at radius 3 is 1.96 bits per heavy atom. The van der Waals surface area contributed by atoms with Crippen LogP contribution in [0.5, 0.6) is 0 Å². The van der Waals surface area contributed by atoms with Crippen LogP contribution < -0.4 is 10.5 Å². The SMILES string of the molecule is CC(C)S(=O)(=O)NCC(C)(F)c1ccc(-c2ccc(C(F)CN)cc2)cc1. The lowest BCUT2D eigenvalue weighted by Crippen LogP contribution is -2.39. The van der Waals surface area contributed by atoms with Crippen molar-refractivity contribution in [2.45, 2.75) is 37.9 Å². The van der Waals surface area contributed by atoms with Crippen LogP contribution in [0.3, 0.4) is 0 Å². The Hall–Kier alpha value is -1.83. The van der Waals surface area contributed by atoms with Crippen LogP contribution in [0.25, 0.3) is 11.1 Å². The fourth-order valence-corrected chi connectivity index (χ4v) is 3.34. The number of halogens is 2. The molecule has 0 heterocycles. The van der Waals surface area contributed by atoms with Gasteiger partial charge in [-0.05, 0) is 43.0 Å². The van der Waals surface area contributed by atoms with Gasteiger partial charge in [-0.2, -0.15) is 0 Å². The summed E-state index contributed by atoms with van der Waals surface area (Å²) in [7, 11) is -3.53. The predicted molar refractivity (Wildman–Crippen MR) is 105 cm³/mol. The summed E-state index contributed by atoms with van der Waals surface area (Å²) >= 11 is 0. The van der Waals surface area contributed by atoms with E-state index in [9.17, 15) is 17.2 Å². The Morgan fingerprint density at radius 1 is 1.04 bits per heavy atom. The fourth-order valence-electron chi connectivity index (χ4n) is 2.54. The number of benzene rings is 2. The number of nitrogens with two attached hydrogens (primary N) is 1. The molecule has 0 fully saturated rings. The van der Waals surface area contributed by atoms with Crippen molar-refractivity contribution in [2.24, 2.45) is 5.73 Å². The molecule has 0 radical (unpaired) electrons. The standard InChI is InChI=1S/C20H26F2N2O2S/c1-14(2)27(25,26)24-13-20(3,22)18-10-8-16(9-11-18)15-4-6-17(7-5-15)19(21)12-23/h4-11,14,19,24H,12-13,23H2,1-3H3. The Kier molecular flexibility index (Phi) is 6.72. The van der Waals surface area contributed by atoms with E-state index in [1.54, 1.807) is 48.5 Å². The van der Waals surface area contributed by atoms with Crippen molar-refractivity contribution in [1.29, 1.82) is 0 Å². The van der Waals surface area contributed by atoms with Gasteiger partial charge >= 0.3 is 0 Å². The van der Waals surface area contributed by atoms with Gasteiger partial charge in [0.15, 0.2) is 0 Å². The zero-order chi connectivity index (χ0) is 20.2. The van der Waals surface area contributed by atoms with Crippen molar-refractivity contribution in [3.8, 4) is 11.1 Å². The molecule has 0 aliphatic rings. The van der Waals surface area contributed by atoms with E-state index in [0.29, 0.717) is 11.1 Å². The maximum Gasteiger partial charge on any atom is 0.214 e. The molecular formula is C20H26F2N2O2S. The molecule has 7 heteroatoms. The lowest BCUT2D eigenvalue weighted by atomic mass is 9.95. The van der Waals surface area contributed by atoms with Crippen molar-refractivity contribution in [1.82, 2.24) is 4.72 Å². The largest absolute Gasteiger partial charge is 0.327 e. The molecule has 148 valence electrons. The number of sulfonamides is 1. The first-order chi connectivity index (χ1) is 12.6. The van der Waals surface area contributed by atoms with Crippen LogP contribution in [0.15, 0.2) is 48.5 Å². The van der Waals surface area contributed by atoms with Gasteiger partial charge in [-0.3, -0.25) is 0 Å². The predicted octanol–water partition coefficient (Wildman–Crippen LogP) is 3.84. The molecule has 0 amide bonds. The van der Waals surface area contributed by atoms with Gasteiger partial charge in [-0.1, -0.05) is 48.5 Å². The molecule has 0 spiro atoms. The van der Waals surface area contributed by atoms with Crippen molar-refractivity contribution < 1.29 is 17.2 Å². The third-order valence-electron chi connectivity index (χ3n) is 4.53. The lowest BCUT2D eigenvalue weighted by Gasteiger charge is -2.22. The van der Waals surface area contributed by atoms with E-state index in [1.165, 1.54) is 20.8 Å². The Labute approximate surface area is 159 Å². The zero-order valence-corrected chi connectivity index (χ0v) is 16.6. The third-order valence-corrected chi connectivity index (χ3v) is 6.31. The fraction of sp³-hybridized carbons (Fsp3) is 0.400. The second-order valence-electron chi connectivity index (χ2n) is 7.01. The highest BCUT2D eigenvalue weighted by molar-refractivity contribution is 7.90. The number of nitrogens with one attached hydrogen (secondary N) is 1. The molecule has 3 N–H and O–H groups in total. The molecule has 0 bridgehead atoms. The molecule has 4 nitrogen and oxygen atoms in total. The smallest absolute Gasteiger partial charge is 0.214 e. The minimum atomic E-state index is -3.53. The molecule has 2 atom stereocenters. The van der Waals surface area contributed by atoms with Crippen molar-refractivity contribution in [3.63, 3.8) is 0 Å². The molecule has 2 unspecified atom stereocenters. The van der Waals surface area contributed by atoms with Gasteiger partial charge in [-0.25, -0.2) is 21.9 Å². The van der Waals surface area contributed by atoms with E-state index >= 15 is 0 Å². The normalized spacial score (nSPS) is 15.5. The van der Waals surface area contributed by atoms with E-state index in [1.807, 2.05) is 0 Å². The monoisotopic (exact) mass is 396 g/mol. The van der Waals surface area contributed by atoms with Crippen molar-refractivity contribution in [2.75, 3.05) is 13.1 Å². The quantitative estimate of drug-likeness (QED) is 0.712. The molecule has 0 aliphatic carbocycles. The molecule has 2 rings (SSSR count). The highest BCUT2D eigenvalue weighted by Crippen LogP contribution is 2.29. The minimum absolute atomic E-state index is 0.0658. The maximum atomic E-state index is 15.0. The Balaban J connectivity index is 2.14. The number of alkyl halides is 2. The summed E-state index contributed by atoms with van der Waals surface area (Å²) in [5, 5.41) is -0.623. The molecular weight excluding hydrogens is 370 g/mol. The van der Waals surface area contributed by atoms with Gasteiger partial charge in [0, 0.05) is 13.1 Å². The lowest BCUT2D eigenvalue weighted by molar-refractivity contribution is 0.196. The average molecular weight is 397 g/mol. The first-order valence-electron chi connectivity index (χ1n) is 8.79. The summed E-state index contributed by atoms with van der Waals surface area (Å²) in [6.45, 7) is 4.02. The molecule has 2 aromatic rings. The van der Waals surface area contributed by atoms with E-state index in [4.69, 9.17) is 5.73 Å². The highest BCUT2D eigenvalue weighted by Gasteiger charge is 2.29. The summed E-state index contributed by atoms with van der Waals surface area (Å²) in [6, 6.07) is 13.7. The zero-order valence-electron chi connectivity index (χ0n) is 15.7. The van der Waals surface area contributed by atoms with Crippen molar-refractivity contribution >= 4 is 10.0 Å². The molecule has 0 saturated carbocycles. The van der Waals surface area contributed by atoms with Crippen LogP contribution in [0.1, 0.15) is 38.1 Å². The van der Waals surface area contributed by atoms with Crippen LogP contribution in [0, 0.1) is 0 Å². The molecule has 0 saturated heterocycles. The molecule has 0 aromatic heterocycles. The number of hydrogen-bond acceptors (Lipinski definition) is 3. The Bertz CT molecular complexity index is 849. The first-order valence-corrected chi connectivity index (χ1v) is 10.3. The third kappa shape index (κ3) is 5.34. The van der Waals surface area contributed by atoms with Crippen molar-refractivity contribution in [3.05, 3.63) is 59.7 Å². The van der Waals surface area contributed by atoms with Gasteiger partial charge in [0.1, 0.15) is 11.8 Å². The maximum absolute atomic E-state index is 15.0. The second-order valence-corrected chi connectivity index (χ2v) is 9.34. The summed E-state index contributed by atoms with van der Waals surface area (Å²) < 4.78 is 54.5. The molecule has 27 heavy (non-hydrogen) atoms. The average Bonchev–Trinajstić information content (AvgIpc) is 2.66. The summed E-state index contributed by atoms with van der Waals surface area (Å²) in [4.78, 5) is 0. The second kappa shape index (κ2) is 8.46. The number of hydrogen-bond donors (Lipinski definition) is 2. The summed E-state index contributed by atoms with van der Waals surface area (Å²) in [5.41, 5.74) is 6.11. The minimum Gasteiger partial charge on any atom is -0.327 e. The van der Waals surface area contributed by atoms with E-state index in [-0.39, 0.29) is 13.1 Å².